The lowest BCUT2D eigenvalue weighted by Crippen LogP contribution is -2.56. The number of hydrogen-bond donors (Lipinski definition) is 2. The summed E-state index contributed by atoms with van der Waals surface area (Å²) in [4.78, 5) is 45.4. The fourth-order valence-corrected chi connectivity index (χ4v) is 5.53. The summed E-state index contributed by atoms with van der Waals surface area (Å²) >= 11 is 1.29. The van der Waals surface area contributed by atoms with Crippen LogP contribution in [0.4, 0.5) is 15.9 Å². The second-order valence-electron chi connectivity index (χ2n) is 9.67. The molecule has 4 heterocycles. The van der Waals surface area contributed by atoms with Gasteiger partial charge in [0.15, 0.2) is 5.13 Å². The zero-order valence-corrected chi connectivity index (χ0v) is 21.3. The number of phenols is 1. The van der Waals surface area contributed by atoms with E-state index in [0.29, 0.717) is 67.1 Å². The molecule has 0 saturated carbocycles. The third kappa shape index (κ3) is 4.30. The van der Waals surface area contributed by atoms with E-state index in [1.807, 2.05) is 29.8 Å². The summed E-state index contributed by atoms with van der Waals surface area (Å²) in [6.07, 6.45) is 4.47. The number of thiazole rings is 1. The third-order valence-corrected chi connectivity index (χ3v) is 8.12. The normalized spacial score (nSPS) is 18.8. The van der Waals surface area contributed by atoms with Crippen LogP contribution in [0.3, 0.4) is 0 Å². The number of aliphatic carboxylic acids is 1. The zero-order valence-electron chi connectivity index (χ0n) is 20.5. The number of aromatic hydroxyl groups is 1. The summed E-state index contributed by atoms with van der Waals surface area (Å²) in [6.45, 7) is 6.48. The summed E-state index contributed by atoms with van der Waals surface area (Å²) in [5.74, 6) is -0.122. The van der Waals surface area contributed by atoms with Crippen molar-refractivity contribution >= 4 is 44.6 Å². The van der Waals surface area contributed by atoms with Crippen LogP contribution in [-0.4, -0.2) is 87.0 Å². The molecular formula is C24H29N7O4S. The highest BCUT2D eigenvalue weighted by Gasteiger charge is 2.37. The van der Waals surface area contributed by atoms with Crippen LogP contribution in [0, 0.1) is 5.41 Å². The number of urea groups is 1. The van der Waals surface area contributed by atoms with E-state index in [1.165, 1.54) is 11.3 Å². The van der Waals surface area contributed by atoms with Crippen molar-refractivity contribution in [3.63, 3.8) is 0 Å². The highest BCUT2D eigenvalue weighted by molar-refractivity contribution is 7.22. The van der Waals surface area contributed by atoms with E-state index in [2.05, 4.69) is 15.0 Å². The Hall–Kier alpha value is -3.51. The lowest BCUT2D eigenvalue weighted by Gasteiger charge is -2.38. The van der Waals surface area contributed by atoms with Crippen molar-refractivity contribution in [3.8, 4) is 16.9 Å². The molecule has 0 atom stereocenters. The van der Waals surface area contributed by atoms with Crippen molar-refractivity contribution in [3.05, 3.63) is 24.5 Å². The van der Waals surface area contributed by atoms with E-state index in [0.717, 1.165) is 11.1 Å². The maximum absolute atomic E-state index is 12.9. The van der Waals surface area contributed by atoms with Gasteiger partial charge in [-0.05, 0) is 51.4 Å². The maximum atomic E-state index is 12.9. The van der Waals surface area contributed by atoms with Gasteiger partial charge in [-0.15, -0.1) is 0 Å². The Morgan fingerprint density at radius 3 is 2.47 bits per heavy atom. The van der Waals surface area contributed by atoms with Crippen molar-refractivity contribution in [2.75, 3.05) is 49.8 Å². The Morgan fingerprint density at radius 1 is 1.14 bits per heavy atom. The topological polar surface area (TPSA) is 126 Å². The number of rotatable bonds is 5. The number of anilines is 2. The monoisotopic (exact) mass is 511 g/mol. The van der Waals surface area contributed by atoms with E-state index < -0.39 is 11.4 Å². The number of fused-ring (bicyclic) bond motifs is 1. The first-order valence-corrected chi connectivity index (χ1v) is 12.7. The number of carboxylic acids is 1. The van der Waals surface area contributed by atoms with Gasteiger partial charge in [0.25, 0.3) is 0 Å². The largest absolute Gasteiger partial charge is 0.506 e. The molecule has 190 valence electrons. The maximum Gasteiger partial charge on any atom is 0.328 e. The minimum absolute atomic E-state index is 0.0875. The van der Waals surface area contributed by atoms with Crippen LogP contribution in [0.15, 0.2) is 24.5 Å². The summed E-state index contributed by atoms with van der Waals surface area (Å²) < 4.78 is 0.616. The van der Waals surface area contributed by atoms with Crippen LogP contribution in [-0.2, 0) is 4.79 Å². The van der Waals surface area contributed by atoms with Crippen molar-refractivity contribution in [2.24, 2.45) is 5.41 Å². The van der Waals surface area contributed by atoms with Gasteiger partial charge in [0.2, 0.25) is 5.95 Å². The zero-order chi connectivity index (χ0) is 25.6. The Balaban J connectivity index is 1.37. The fourth-order valence-electron chi connectivity index (χ4n) is 4.58. The Bertz CT molecular complexity index is 1300. The number of nitrogens with zero attached hydrogens (tertiary/aromatic N) is 7. The van der Waals surface area contributed by atoms with Gasteiger partial charge in [-0.1, -0.05) is 11.3 Å². The first-order valence-electron chi connectivity index (χ1n) is 11.9. The summed E-state index contributed by atoms with van der Waals surface area (Å²) in [6, 6.07) is 3.42. The molecule has 2 aliphatic rings. The number of hydrogen-bond acceptors (Lipinski definition) is 9. The minimum atomic E-state index is -0.766. The molecule has 2 saturated heterocycles. The van der Waals surface area contributed by atoms with E-state index in [1.54, 1.807) is 35.2 Å². The van der Waals surface area contributed by atoms with Crippen molar-refractivity contribution in [1.29, 1.82) is 0 Å². The second-order valence-corrected chi connectivity index (χ2v) is 10.6. The molecule has 1 aromatic carbocycles. The molecule has 11 nitrogen and oxygen atoms in total. The number of carbonyl (C=O) groups excluding carboxylic acids is 1. The molecule has 2 N–H and O–H groups in total. The van der Waals surface area contributed by atoms with Crippen molar-refractivity contribution in [1.82, 2.24) is 24.8 Å². The molecule has 0 aliphatic carbocycles. The van der Waals surface area contributed by atoms with E-state index in [9.17, 15) is 19.8 Å². The summed E-state index contributed by atoms with van der Waals surface area (Å²) in [5.41, 5.74) is 1.34. The van der Waals surface area contributed by atoms with Gasteiger partial charge in [-0.2, -0.15) is 0 Å². The van der Waals surface area contributed by atoms with Gasteiger partial charge in [0, 0.05) is 37.6 Å². The average Bonchev–Trinajstić information content (AvgIpc) is 3.30. The van der Waals surface area contributed by atoms with E-state index in [4.69, 9.17) is 0 Å². The van der Waals surface area contributed by atoms with Gasteiger partial charge in [-0.25, -0.2) is 19.7 Å². The van der Waals surface area contributed by atoms with E-state index in [-0.39, 0.29) is 11.8 Å². The molecule has 2 fully saturated rings. The fraction of sp³-hybridized carbons (Fsp3) is 0.458. The lowest BCUT2D eigenvalue weighted by molar-refractivity contribution is -0.149. The molecule has 5 rings (SSSR count). The molecule has 0 spiro atoms. The van der Waals surface area contributed by atoms with Crippen LogP contribution in [0.2, 0.25) is 0 Å². The Morgan fingerprint density at radius 2 is 1.83 bits per heavy atom. The number of carbonyl (C=O) groups is 2. The van der Waals surface area contributed by atoms with Gasteiger partial charge >= 0.3 is 12.0 Å². The Labute approximate surface area is 212 Å². The average molecular weight is 512 g/mol. The van der Waals surface area contributed by atoms with Gasteiger partial charge in [-0.3, -0.25) is 14.6 Å². The smallest absolute Gasteiger partial charge is 0.328 e. The number of phenolic OH excluding ortho intramolecular Hbond substituents is 1. The Kier molecular flexibility index (Phi) is 6.17. The molecule has 36 heavy (non-hydrogen) atoms. The third-order valence-electron chi connectivity index (χ3n) is 7.01. The first-order chi connectivity index (χ1) is 17.2. The molecule has 3 aromatic rings. The molecule has 2 amide bonds. The van der Waals surface area contributed by atoms with Crippen LogP contribution in [0.1, 0.15) is 26.7 Å². The SMILES string of the molecule is CCN1CN(C)CN(c2nc3cc(-c4cnc(N5CCC(C)(C(=O)O)CC5)nc4)cc(O)c3s2)C1=O. The van der Waals surface area contributed by atoms with Gasteiger partial charge in [0.1, 0.15) is 5.75 Å². The molecule has 2 aliphatic heterocycles. The quantitative estimate of drug-likeness (QED) is 0.531. The lowest BCUT2D eigenvalue weighted by atomic mass is 9.80. The molecule has 2 aromatic heterocycles. The minimum Gasteiger partial charge on any atom is -0.506 e. The van der Waals surface area contributed by atoms with Crippen LogP contribution in [0.5, 0.6) is 5.75 Å². The van der Waals surface area contributed by atoms with Crippen LogP contribution in [0.25, 0.3) is 21.3 Å². The highest BCUT2D eigenvalue weighted by atomic mass is 32.1. The standard InChI is InChI=1S/C24H29N7O4S/c1-4-29-13-28(3)14-31(23(29)35)22-27-17-9-15(10-18(32)19(17)36-22)16-11-25-21(26-12-16)30-7-5-24(2,6-8-30)20(33)34/h9-12,32H,4-8,13-14H2,1-3H3,(H,33,34). The van der Waals surface area contributed by atoms with Crippen LogP contribution < -0.4 is 9.80 Å². The predicted octanol–water partition coefficient (Wildman–Crippen LogP) is 3.26. The number of benzene rings is 1. The number of carboxylic acid groups (broad SMARTS) is 1. The number of aromatic nitrogens is 3. The summed E-state index contributed by atoms with van der Waals surface area (Å²) in [5, 5.41) is 20.7. The van der Waals surface area contributed by atoms with Gasteiger partial charge in [0.05, 0.1) is 29.0 Å². The number of amides is 2. The highest BCUT2D eigenvalue weighted by Crippen LogP contribution is 2.39. The first kappa shape index (κ1) is 24.2. The summed E-state index contributed by atoms with van der Waals surface area (Å²) in [7, 11) is 1.95. The van der Waals surface area contributed by atoms with Crippen LogP contribution >= 0.6 is 11.3 Å². The second kappa shape index (κ2) is 9.17. The predicted molar refractivity (Wildman–Crippen MR) is 137 cm³/mol. The molecule has 0 unspecified atom stereocenters. The number of piperidine rings is 1. The van der Waals surface area contributed by atoms with E-state index >= 15 is 0 Å². The molecular weight excluding hydrogens is 482 g/mol. The molecule has 0 bridgehead atoms. The van der Waals surface area contributed by atoms with Crippen molar-refractivity contribution < 1.29 is 19.8 Å². The van der Waals surface area contributed by atoms with Crippen molar-refractivity contribution in [2.45, 2.75) is 26.7 Å². The molecule has 0 radical (unpaired) electrons. The molecule has 12 heteroatoms. The van der Waals surface area contributed by atoms with Gasteiger partial charge < -0.3 is 20.0 Å².